The summed E-state index contributed by atoms with van der Waals surface area (Å²) in [7, 11) is 2.23. The second kappa shape index (κ2) is 7.46. The Hall–Kier alpha value is -0.120. The molecule has 3 heteroatoms. The Morgan fingerprint density at radius 1 is 1.11 bits per heavy atom. The van der Waals surface area contributed by atoms with Crippen molar-refractivity contribution in [3.8, 4) is 0 Å². The number of unbranched alkanes of at least 4 members (excludes halogenated alkanes) is 2. The van der Waals surface area contributed by atoms with Gasteiger partial charge in [0.15, 0.2) is 0 Å². The molecular formula is C15H30N2O. The van der Waals surface area contributed by atoms with E-state index in [2.05, 4.69) is 24.2 Å². The minimum Gasteiger partial charge on any atom is -0.372 e. The van der Waals surface area contributed by atoms with E-state index >= 15 is 0 Å². The molecule has 0 bridgehead atoms. The molecule has 2 unspecified atom stereocenters. The van der Waals surface area contributed by atoms with Gasteiger partial charge in [-0.1, -0.05) is 19.8 Å². The largest absolute Gasteiger partial charge is 0.372 e. The quantitative estimate of drug-likeness (QED) is 0.640. The van der Waals surface area contributed by atoms with Gasteiger partial charge in [-0.3, -0.25) is 0 Å². The van der Waals surface area contributed by atoms with Crippen molar-refractivity contribution in [3.05, 3.63) is 0 Å². The van der Waals surface area contributed by atoms with Gasteiger partial charge in [0.1, 0.15) is 0 Å². The second-order valence-corrected chi connectivity index (χ2v) is 6.11. The lowest BCUT2D eigenvalue weighted by Crippen LogP contribution is -2.32. The maximum Gasteiger partial charge on any atom is 0.0707 e. The molecule has 1 aliphatic heterocycles. The Balaban J connectivity index is 1.53. The van der Waals surface area contributed by atoms with Gasteiger partial charge in [0.05, 0.1) is 12.2 Å². The summed E-state index contributed by atoms with van der Waals surface area (Å²) in [5.74, 6) is 0. The summed E-state index contributed by atoms with van der Waals surface area (Å²) in [5, 5.41) is 3.58. The summed E-state index contributed by atoms with van der Waals surface area (Å²) >= 11 is 0. The number of ether oxygens (including phenoxy) is 1. The van der Waals surface area contributed by atoms with Crippen LogP contribution in [0.2, 0.25) is 0 Å². The van der Waals surface area contributed by atoms with Crippen LogP contribution in [0.4, 0.5) is 0 Å². The van der Waals surface area contributed by atoms with Crippen molar-refractivity contribution in [1.29, 1.82) is 0 Å². The van der Waals surface area contributed by atoms with Gasteiger partial charge in [0.25, 0.3) is 0 Å². The zero-order chi connectivity index (χ0) is 12.8. The van der Waals surface area contributed by atoms with Crippen molar-refractivity contribution in [2.75, 3.05) is 26.7 Å². The molecule has 2 fully saturated rings. The average molecular weight is 254 g/mol. The lowest BCUT2D eigenvalue weighted by Gasteiger charge is -2.21. The number of likely N-dealkylation sites (N-methyl/N-ethyl adjacent to an activating group) is 1. The van der Waals surface area contributed by atoms with E-state index in [1.807, 2.05) is 0 Å². The van der Waals surface area contributed by atoms with E-state index in [0.717, 1.165) is 19.1 Å². The fourth-order valence-corrected chi connectivity index (χ4v) is 2.72. The maximum absolute atomic E-state index is 6.11. The third-order valence-electron chi connectivity index (χ3n) is 4.07. The zero-order valence-corrected chi connectivity index (χ0v) is 12.2. The van der Waals surface area contributed by atoms with Crippen molar-refractivity contribution >= 4 is 0 Å². The lowest BCUT2D eigenvalue weighted by molar-refractivity contribution is 0.0275. The van der Waals surface area contributed by atoms with Gasteiger partial charge in [-0.05, 0) is 45.7 Å². The van der Waals surface area contributed by atoms with E-state index in [1.54, 1.807) is 0 Å². The molecule has 1 aliphatic carbocycles. The number of rotatable bonds is 9. The van der Waals surface area contributed by atoms with Crippen LogP contribution < -0.4 is 5.32 Å². The Bertz CT molecular complexity index is 231. The Labute approximate surface area is 112 Å². The predicted molar refractivity (Wildman–Crippen MR) is 75.9 cm³/mol. The van der Waals surface area contributed by atoms with Gasteiger partial charge in [-0.15, -0.1) is 0 Å². The number of nitrogens with one attached hydrogen (secondary N) is 1. The van der Waals surface area contributed by atoms with Gasteiger partial charge in [0.2, 0.25) is 0 Å². The molecule has 0 aromatic rings. The first-order chi connectivity index (χ1) is 8.78. The number of hydrogen-bond donors (Lipinski definition) is 1. The van der Waals surface area contributed by atoms with Crippen molar-refractivity contribution in [3.63, 3.8) is 0 Å². The van der Waals surface area contributed by atoms with Gasteiger partial charge in [-0.2, -0.15) is 0 Å². The highest BCUT2D eigenvalue weighted by Gasteiger charge is 2.28. The Morgan fingerprint density at radius 3 is 2.61 bits per heavy atom. The van der Waals surface area contributed by atoms with E-state index in [4.69, 9.17) is 4.74 Å². The molecule has 3 nitrogen and oxygen atoms in total. The molecule has 0 aromatic carbocycles. The van der Waals surface area contributed by atoms with E-state index in [0.29, 0.717) is 12.2 Å². The molecule has 1 saturated carbocycles. The molecule has 0 spiro atoms. The van der Waals surface area contributed by atoms with Gasteiger partial charge in [-0.25, -0.2) is 0 Å². The van der Waals surface area contributed by atoms with Crippen LogP contribution in [0.3, 0.4) is 0 Å². The van der Waals surface area contributed by atoms with Crippen LogP contribution in [0.25, 0.3) is 0 Å². The molecule has 1 N–H and O–H groups in total. The zero-order valence-electron chi connectivity index (χ0n) is 12.2. The molecule has 0 radical (unpaired) electrons. The molecule has 0 amide bonds. The molecule has 106 valence electrons. The predicted octanol–water partition coefficient (Wildman–Crippen LogP) is 2.41. The first-order valence-corrected chi connectivity index (χ1v) is 7.85. The van der Waals surface area contributed by atoms with E-state index in [-0.39, 0.29) is 0 Å². The summed E-state index contributed by atoms with van der Waals surface area (Å²) in [4.78, 5) is 2.44. The SMILES string of the molecule is CCCCCN(C)CC1CCC(CNC2CC2)O1. The van der Waals surface area contributed by atoms with Crippen molar-refractivity contribution in [2.45, 2.75) is 70.1 Å². The van der Waals surface area contributed by atoms with Crippen LogP contribution in [-0.4, -0.2) is 49.8 Å². The Kier molecular flexibility index (Phi) is 5.93. The molecule has 0 aromatic heterocycles. The van der Waals surface area contributed by atoms with Crippen molar-refractivity contribution in [2.24, 2.45) is 0 Å². The monoisotopic (exact) mass is 254 g/mol. The minimum atomic E-state index is 0.472. The van der Waals surface area contributed by atoms with E-state index in [9.17, 15) is 0 Å². The summed E-state index contributed by atoms with van der Waals surface area (Å²) in [6.07, 6.45) is 10.2. The highest BCUT2D eigenvalue weighted by atomic mass is 16.5. The van der Waals surface area contributed by atoms with E-state index < -0.39 is 0 Å². The fourth-order valence-electron chi connectivity index (χ4n) is 2.72. The van der Waals surface area contributed by atoms with Crippen LogP contribution in [0.15, 0.2) is 0 Å². The fraction of sp³-hybridized carbons (Fsp3) is 1.00. The van der Waals surface area contributed by atoms with Crippen molar-refractivity contribution in [1.82, 2.24) is 10.2 Å². The normalized spacial score (nSPS) is 28.2. The topological polar surface area (TPSA) is 24.5 Å². The molecule has 1 heterocycles. The third-order valence-corrected chi connectivity index (χ3v) is 4.07. The summed E-state index contributed by atoms with van der Waals surface area (Å²) in [5.41, 5.74) is 0. The highest BCUT2D eigenvalue weighted by molar-refractivity contribution is 4.84. The van der Waals surface area contributed by atoms with Gasteiger partial charge >= 0.3 is 0 Å². The van der Waals surface area contributed by atoms with Crippen LogP contribution in [0, 0.1) is 0 Å². The molecule has 2 rings (SSSR count). The summed E-state index contributed by atoms with van der Waals surface area (Å²) in [6.45, 7) is 5.67. The molecule has 2 aliphatic rings. The average Bonchev–Trinajstić information content (AvgIpc) is 3.08. The standard InChI is InChI=1S/C15H30N2O/c1-3-4-5-10-17(2)12-15-9-8-14(18-15)11-16-13-6-7-13/h13-16H,3-12H2,1-2H3. The van der Waals surface area contributed by atoms with Gasteiger partial charge in [0, 0.05) is 19.1 Å². The minimum absolute atomic E-state index is 0.472. The third kappa shape index (κ3) is 5.25. The lowest BCUT2D eigenvalue weighted by atomic mass is 10.2. The highest BCUT2D eigenvalue weighted by Crippen LogP contribution is 2.23. The summed E-state index contributed by atoms with van der Waals surface area (Å²) < 4.78 is 6.11. The van der Waals surface area contributed by atoms with Crippen LogP contribution in [-0.2, 0) is 4.74 Å². The van der Waals surface area contributed by atoms with Gasteiger partial charge < -0.3 is 15.0 Å². The maximum atomic E-state index is 6.11. The molecule has 18 heavy (non-hydrogen) atoms. The smallest absolute Gasteiger partial charge is 0.0707 e. The van der Waals surface area contributed by atoms with Crippen LogP contribution in [0.5, 0.6) is 0 Å². The molecule has 2 atom stereocenters. The van der Waals surface area contributed by atoms with Crippen molar-refractivity contribution < 1.29 is 4.74 Å². The number of nitrogens with zero attached hydrogens (tertiary/aromatic N) is 1. The first kappa shape index (κ1) is 14.3. The molecular weight excluding hydrogens is 224 g/mol. The molecule has 1 saturated heterocycles. The van der Waals surface area contributed by atoms with Crippen LogP contribution in [0.1, 0.15) is 51.9 Å². The Morgan fingerprint density at radius 2 is 1.89 bits per heavy atom. The summed E-state index contributed by atoms with van der Waals surface area (Å²) in [6, 6.07) is 0.810. The first-order valence-electron chi connectivity index (χ1n) is 7.85. The number of hydrogen-bond acceptors (Lipinski definition) is 3. The second-order valence-electron chi connectivity index (χ2n) is 6.11. The van der Waals surface area contributed by atoms with Crippen LogP contribution >= 0.6 is 0 Å². The van der Waals surface area contributed by atoms with E-state index in [1.165, 1.54) is 51.5 Å².